The minimum absolute atomic E-state index is 0.575. The molecule has 1 fully saturated rings. The molecule has 20 heavy (non-hydrogen) atoms. The maximum atomic E-state index is 9.14. The molecule has 0 unspecified atom stereocenters. The van der Waals surface area contributed by atoms with Crippen LogP contribution in [-0.4, -0.2) is 27.8 Å². The number of nitrogens with zero attached hydrogens (tertiary/aromatic N) is 5. The van der Waals surface area contributed by atoms with Gasteiger partial charge in [0.05, 0.1) is 17.8 Å². The average molecular weight is 267 g/mol. The molecule has 0 radical (unpaired) electrons. The molecule has 1 aromatic heterocycles. The summed E-state index contributed by atoms with van der Waals surface area (Å²) in [5, 5.41) is 31.5. The summed E-state index contributed by atoms with van der Waals surface area (Å²) in [4.78, 5) is 1.87. The summed E-state index contributed by atoms with van der Waals surface area (Å²) < 4.78 is 0. The smallest absolute Gasteiger partial charge is 0.164 e. The quantitative estimate of drug-likeness (QED) is 0.632. The fourth-order valence-electron chi connectivity index (χ4n) is 2.48. The van der Waals surface area contributed by atoms with Crippen LogP contribution in [0.15, 0.2) is 29.6 Å². The van der Waals surface area contributed by atoms with E-state index in [1.54, 1.807) is 18.3 Å². The molecule has 0 amide bonds. The average Bonchev–Trinajstić information content (AvgIpc) is 2.53. The molecule has 100 valence electrons. The molecule has 1 N–H and O–H groups in total. The summed E-state index contributed by atoms with van der Waals surface area (Å²) in [5.41, 5.74) is 0.575. The Labute approximate surface area is 116 Å². The molecule has 2 aromatic rings. The maximum Gasteiger partial charge on any atom is 0.164 e. The second-order valence-corrected chi connectivity index (χ2v) is 4.71. The largest absolute Gasteiger partial charge is 0.409 e. The van der Waals surface area contributed by atoms with Crippen molar-refractivity contribution in [3.8, 4) is 6.07 Å². The van der Waals surface area contributed by atoms with E-state index in [1.165, 1.54) is 0 Å². The second-order valence-electron chi connectivity index (χ2n) is 4.71. The van der Waals surface area contributed by atoms with Crippen molar-refractivity contribution in [3.05, 3.63) is 30.0 Å². The van der Waals surface area contributed by atoms with Gasteiger partial charge in [0.2, 0.25) is 0 Å². The molecule has 2 heterocycles. The van der Waals surface area contributed by atoms with Crippen molar-refractivity contribution in [2.45, 2.75) is 19.3 Å². The van der Waals surface area contributed by atoms with E-state index >= 15 is 0 Å². The Morgan fingerprint density at radius 2 is 2.25 bits per heavy atom. The molecule has 3 rings (SSSR count). The van der Waals surface area contributed by atoms with Gasteiger partial charge < -0.3 is 10.1 Å². The van der Waals surface area contributed by atoms with Gasteiger partial charge in [-0.05, 0) is 25.0 Å². The molecular formula is C14H13N5O. The number of piperidine rings is 1. The molecule has 1 aliphatic rings. The number of benzene rings is 1. The van der Waals surface area contributed by atoms with Gasteiger partial charge in [0, 0.05) is 23.7 Å². The van der Waals surface area contributed by atoms with Crippen LogP contribution < -0.4 is 4.90 Å². The van der Waals surface area contributed by atoms with Crippen LogP contribution in [0.5, 0.6) is 0 Å². The highest BCUT2D eigenvalue weighted by Gasteiger charge is 2.22. The topological polar surface area (TPSA) is 85.4 Å². The Morgan fingerprint density at radius 3 is 3.05 bits per heavy atom. The van der Waals surface area contributed by atoms with E-state index < -0.39 is 0 Å². The van der Waals surface area contributed by atoms with Crippen molar-refractivity contribution in [2.24, 2.45) is 5.16 Å². The van der Waals surface area contributed by atoms with Crippen molar-refractivity contribution < 1.29 is 5.21 Å². The fourth-order valence-corrected chi connectivity index (χ4v) is 2.48. The molecule has 0 aliphatic carbocycles. The summed E-state index contributed by atoms with van der Waals surface area (Å²) in [6, 6.07) is 7.53. The predicted molar refractivity (Wildman–Crippen MR) is 74.7 cm³/mol. The standard InChI is InChI=1S/C14H13N5O/c15-8-10-4-5-11-9-16-17-14(12(11)7-10)19-6-2-1-3-13(19)18-20/h4-5,7,9,20H,1-3,6H2. The highest BCUT2D eigenvalue weighted by Crippen LogP contribution is 2.27. The summed E-state index contributed by atoms with van der Waals surface area (Å²) in [7, 11) is 0. The van der Waals surface area contributed by atoms with E-state index in [-0.39, 0.29) is 0 Å². The number of aromatic nitrogens is 2. The number of rotatable bonds is 1. The molecule has 1 aromatic carbocycles. The Balaban J connectivity index is 2.17. The highest BCUT2D eigenvalue weighted by molar-refractivity contribution is 6.04. The molecule has 6 nitrogen and oxygen atoms in total. The minimum atomic E-state index is 0.575. The van der Waals surface area contributed by atoms with Gasteiger partial charge >= 0.3 is 0 Å². The first kappa shape index (κ1) is 12.4. The van der Waals surface area contributed by atoms with Gasteiger partial charge in [-0.2, -0.15) is 10.4 Å². The number of hydrogen-bond acceptors (Lipinski definition) is 5. The first-order valence-corrected chi connectivity index (χ1v) is 6.47. The Kier molecular flexibility index (Phi) is 3.17. The predicted octanol–water partition coefficient (Wildman–Crippen LogP) is 2.28. The van der Waals surface area contributed by atoms with E-state index in [1.807, 2.05) is 11.0 Å². The van der Waals surface area contributed by atoms with E-state index in [0.29, 0.717) is 23.6 Å². The zero-order valence-electron chi connectivity index (χ0n) is 10.8. The summed E-state index contributed by atoms with van der Waals surface area (Å²) in [6.07, 6.45) is 4.39. The van der Waals surface area contributed by atoms with Crippen LogP contribution in [0.3, 0.4) is 0 Å². The first-order chi connectivity index (χ1) is 9.83. The summed E-state index contributed by atoms with van der Waals surface area (Å²) >= 11 is 0. The molecule has 1 aliphatic heterocycles. The van der Waals surface area contributed by atoms with E-state index in [0.717, 1.165) is 30.2 Å². The minimum Gasteiger partial charge on any atom is -0.409 e. The molecule has 0 bridgehead atoms. The molecule has 0 atom stereocenters. The first-order valence-electron chi connectivity index (χ1n) is 6.47. The summed E-state index contributed by atoms with van der Waals surface area (Å²) in [6.45, 7) is 0.740. The molecule has 1 saturated heterocycles. The molecule has 0 saturated carbocycles. The van der Waals surface area contributed by atoms with Crippen molar-refractivity contribution >= 4 is 22.4 Å². The van der Waals surface area contributed by atoms with Gasteiger partial charge in [-0.1, -0.05) is 11.2 Å². The molecule has 0 spiro atoms. The fraction of sp³-hybridized carbons (Fsp3) is 0.286. The van der Waals surface area contributed by atoms with Crippen LogP contribution in [0.25, 0.3) is 10.8 Å². The lowest BCUT2D eigenvalue weighted by Crippen LogP contribution is -2.36. The summed E-state index contributed by atoms with van der Waals surface area (Å²) in [5.74, 6) is 1.24. The zero-order valence-corrected chi connectivity index (χ0v) is 10.8. The Morgan fingerprint density at radius 1 is 1.35 bits per heavy atom. The SMILES string of the molecule is N#Cc1ccc2cnnc(N3CCCCC3=NO)c2c1. The third kappa shape index (κ3) is 2.03. The van der Waals surface area contributed by atoms with Crippen LogP contribution in [0.4, 0.5) is 5.82 Å². The lowest BCUT2D eigenvalue weighted by Gasteiger charge is -2.28. The molecular weight excluding hydrogens is 254 g/mol. The van der Waals surface area contributed by atoms with Crippen LogP contribution in [0, 0.1) is 11.3 Å². The van der Waals surface area contributed by atoms with Crippen molar-refractivity contribution in [1.82, 2.24) is 10.2 Å². The van der Waals surface area contributed by atoms with E-state index in [9.17, 15) is 0 Å². The van der Waals surface area contributed by atoms with Crippen LogP contribution in [-0.2, 0) is 0 Å². The van der Waals surface area contributed by atoms with Gasteiger partial charge in [-0.25, -0.2) is 0 Å². The van der Waals surface area contributed by atoms with E-state index in [4.69, 9.17) is 10.5 Å². The monoisotopic (exact) mass is 267 g/mol. The lowest BCUT2D eigenvalue weighted by atomic mass is 10.1. The number of hydrogen-bond donors (Lipinski definition) is 1. The van der Waals surface area contributed by atoms with Crippen LogP contribution in [0.2, 0.25) is 0 Å². The van der Waals surface area contributed by atoms with Gasteiger partial charge in [-0.15, -0.1) is 5.10 Å². The van der Waals surface area contributed by atoms with Gasteiger partial charge in [0.1, 0.15) is 5.84 Å². The number of amidine groups is 1. The van der Waals surface area contributed by atoms with Gasteiger partial charge in [0.25, 0.3) is 0 Å². The normalized spacial score (nSPS) is 17.4. The number of anilines is 1. The van der Waals surface area contributed by atoms with Gasteiger partial charge in [-0.3, -0.25) is 0 Å². The number of oxime groups is 1. The van der Waals surface area contributed by atoms with Crippen LogP contribution >= 0.6 is 0 Å². The molecule has 6 heteroatoms. The maximum absolute atomic E-state index is 9.14. The van der Waals surface area contributed by atoms with Crippen molar-refractivity contribution in [2.75, 3.05) is 11.4 Å². The number of nitriles is 1. The second kappa shape index (κ2) is 5.13. The zero-order chi connectivity index (χ0) is 13.9. The Bertz CT molecular complexity index is 719. The highest BCUT2D eigenvalue weighted by atomic mass is 16.4. The van der Waals surface area contributed by atoms with E-state index in [2.05, 4.69) is 21.4 Å². The van der Waals surface area contributed by atoms with Crippen molar-refractivity contribution in [1.29, 1.82) is 5.26 Å². The van der Waals surface area contributed by atoms with Gasteiger partial charge in [0.15, 0.2) is 5.82 Å². The van der Waals surface area contributed by atoms with Crippen LogP contribution in [0.1, 0.15) is 24.8 Å². The lowest BCUT2D eigenvalue weighted by molar-refractivity contribution is 0.315. The third-order valence-corrected chi connectivity index (χ3v) is 3.49. The third-order valence-electron chi connectivity index (χ3n) is 3.49. The van der Waals surface area contributed by atoms with Crippen molar-refractivity contribution in [3.63, 3.8) is 0 Å². The Hall–Kier alpha value is -2.68. The number of fused-ring (bicyclic) bond motifs is 1.